The lowest BCUT2D eigenvalue weighted by Crippen LogP contribution is -2.08. The molecule has 0 radical (unpaired) electrons. The zero-order chi connectivity index (χ0) is 9.84. The van der Waals surface area contributed by atoms with Crippen LogP contribution in [0.15, 0.2) is 18.2 Å². The van der Waals surface area contributed by atoms with Gasteiger partial charge in [0.05, 0.1) is 6.61 Å². The fraction of sp³-hybridized carbons (Fsp3) is 0.333. The minimum absolute atomic E-state index is 0.0140. The summed E-state index contributed by atoms with van der Waals surface area (Å²) in [6.45, 7) is 2.18. The van der Waals surface area contributed by atoms with Crippen LogP contribution >= 0.6 is 0 Å². The summed E-state index contributed by atoms with van der Waals surface area (Å²) in [5.41, 5.74) is 0.751. The lowest BCUT2D eigenvalue weighted by atomic mass is 10.0. The van der Waals surface area contributed by atoms with Crippen molar-refractivity contribution in [3.05, 3.63) is 29.6 Å². The molecule has 0 aromatic heterocycles. The average Bonchev–Trinajstić information content (AvgIpc) is 2.10. The van der Waals surface area contributed by atoms with Crippen molar-refractivity contribution >= 4 is 0 Å². The van der Waals surface area contributed by atoms with E-state index in [0.29, 0.717) is 6.61 Å². The summed E-state index contributed by atoms with van der Waals surface area (Å²) >= 11 is 0. The van der Waals surface area contributed by atoms with Crippen LogP contribution in [-0.2, 0) is 4.84 Å². The first kappa shape index (κ1) is 9.95. The molecule has 0 saturated heterocycles. The maximum atomic E-state index is 12.9. The normalized spacial score (nSPS) is 12.8. The van der Waals surface area contributed by atoms with Gasteiger partial charge in [-0.1, -0.05) is 13.0 Å². The maximum absolute atomic E-state index is 12.9. The zero-order valence-electron chi connectivity index (χ0n) is 7.33. The third-order valence-electron chi connectivity index (χ3n) is 1.89. The molecule has 0 aliphatic rings. The summed E-state index contributed by atoms with van der Waals surface area (Å²) < 4.78 is 12.9. The third kappa shape index (κ3) is 2.40. The van der Waals surface area contributed by atoms with Gasteiger partial charge in [-0.3, -0.25) is 0 Å². The highest BCUT2D eigenvalue weighted by atomic mass is 19.1. The Morgan fingerprint density at radius 1 is 1.62 bits per heavy atom. The Balaban J connectivity index is 2.84. The number of hydrogen-bond acceptors (Lipinski definition) is 3. The zero-order valence-corrected chi connectivity index (χ0v) is 7.33. The molecule has 0 amide bonds. The number of phenols is 1. The Labute approximate surface area is 75.9 Å². The van der Waals surface area contributed by atoms with E-state index in [9.17, 15) is 4.39 Å². The molecular weight excluding hydrogens is 173 g/mol. The van der Waals surface area contributed by atoms with Crippen molar-refractivity contribution in [2.75, 3.05) is 6.61 Å². The number of phenolic OH excluding ortho intramolecular Hbond substituents is 1. The van der Waals surface area contributed by atoms with E-state index in [2.05, 4.69) is 4.84 Å². The smallest absolute Gasteiger partial charge is 0.165 e. The molecule has 0 heterocycles. The highest BCUT2D eigenvalue weighted by molar-refractivity contribution is 5.29. The quantitative estimate of drug-likeness (QED) is 0.702. The molecule has 1 aromatic carbocycles. The molecule has 3 nitrogen and oxygen atoms in total. The van der Waals surface area contributed by atoms with Crippen molar-refractivity contribution in [2.24, 2.45) is 5.90 Å². The van der Waals surface area contributed by atoms with Crippen molar-refractivity contribution in [1.29, 1.82) is 0 Å². The highest BCUT2D eigenvalue weighted by Gasteiger charge is 2.08. The summed E-state index contributed by atoms with van der Waals surface area (Å²) in [7, 11) is 0. The molecule has 3 N–H and O–H groups in total. The van der Waals surface area contributed by atoms with Gasteiger partial charge in [0, 0.05) is 5.92 Å². The molecule has 1 unspecified atom stereocenters. The van der Waals surface area contributed by atoms with Crippen LogP contribution in [0.4, 0.5) is 4.39 Å². The molecule has 0 saturated carbocycles. The standard InChI is InChI=1S/C9H12FNO2/c1-6(5-13-11)7-2-3-9(12)8(10)4-7/h2-4,6,12H,5,11H2,1H3. The van der Waals surface area contributed by atoms with Crippen LogP contribution in [0, 0.1) is 5.82 Å². The van der Waals surface area contributed by atoms with Crippen molar-refractivity contribution in [2.45, 2.75) is 12.8 Å². The number of nitrogens with two attached hydrogens (primary N) is 1. The van der Waals surface area contributed by atoms with Crippen LogP contribution in [0.1, 0.15) is 18.4 Å². The monoisotopic (exact) mass is 185 g/mol. The van der Waals surface area contributed by atoms with E-state index in [-0.39, 0.29) is 11.7 Å². The average molecular weight is 185 g/mol. The summed E-state index contributed by atoms with van der Waals surface area (Å²) in [4.78, 5) is 4.44. The van der Waals surface area contributed by atoms with Crippen molar-refractivity contribution in [3.8, 4) is 5.75 Å². The van der Waals surface area contributed by atoms with Crippen molar-refractivity contribution in [1.82, 2.24) is 0 Å². The van der Waals surface area contributed by atoms with Crippen molar-refractivity contribution < 1.29 is 14.3 Å². The molecule has 0 bridgehead atoms. The molecule has 0 aliphatic heterocycles. The molecule has 0 fully saturated rings. The van der Waals surface area contributed by atoms with E-state index >= 15 is 0 Å². The van der Waals surface area contributed by atoms with Crippen LogP contribution in [0.2, 0.25) is 0 Å². The van der Waals surface area contributed by atoms with Gasteiger partial charge in [-0.2, -0.15) is 0 Å². The molecule has 0 spiro atoms. The second kappa shape index (κ2) is 4.20. The van der Waals surface area contributed by atoms with Crippen LogP contribution < -0.4 is 5.90 Å². The Morgan fingerprint density at radius 3 is 2.85 bits per heavy atom. The van der Waals surface area contributed by atoms with E-state index in [1.54, 1.807) is 6.07 Å². The van der Waals surface area contributed by atoms with Crippen LogP contribution in [0.3, 0.4) is 0 Å². The Hall–Kier alpha value is -1.13. The molecule has 1 rings (SSSR count). The van der Waals surface area contributed by atoms with Gasteiger partial charge >= 0.3 is 0 Å². The summed E-state index contributed by atoms with van der Waals surface area (Å²) in [5, 5.41) is 8.92. The molecule has 1 aromatic rings. The fourth-order valence-electron chi connectivity index (χ4n) is 1.07. The van der Waals surface area contributed by atoms with Gasteiger partial charge in [0.1, 0.15) is 0 Å². The number of halogens is 1. The number of aromatic hydroxyl groups is 1. The van der Waals surface area contributed by atoms with Crippen molar-refractivity contribution in [3.63, 3.8) is 0 Å². The molecule has 13 heavy (non-hydrogen) atoms. The van der Waals surface area contributed by atoms with Gasteiger partial charge in [-0.25, -0.2) is 10.3 Å². The third-order valence-corrected chi connectivity index (χ3v) is 1.89. The first-order chi connectivity index (χ1) is 6.15. The predicted molar refractivity (Wildman–Crippen MR) is 46.6 cm³/mol. The molecule has 4 heteroatoms. The summed E-state index contributed by atoms with van der Waals surface area (Å²) in [6.07, 6.45) is 0. The molecular formula is C9H12FNO2. The molecule has 0 aliphatic carbocycles. The lowest BCUT2D eigenvalue weighted by Gasteiger charge is -2.10. The van der Waals surface area contributed by atoms with E-state index in [1.165, 1.54) is 12.1 Å². The second-order valence-electron chi connectivity index (χ2n) is 2.95. The number of benzene rings is 1. The fourth-order valence-corrected chi connectivity index (χ4v) is 1.07. The van der Waals surface area contributed by atoms with Gasteiger partial charge in [0.25, 0.3) is 0 Å². The minimum atomic E-state index is -0.624. The van der Waals surface area contributed by atoms with E-state index in [0.717, 1.165) is 5.56 Å². The molecule has 1 atom stereocenters. The van der Waals surface area contributed by atoms with Crippen LogP contribution in [0.25, 0.3) is 0 Å². The Bertz CT molecular complexity index is 291. The highest BCUT2D eigenvalue weighted by Crippen LogP contribution is 2.21. The minimum Gasteiger partial charge on any atom is -0.505 e. The van der Waals surface area contributed by atoms with E-state index in [4.69, 9.17) is 11.0 Å². The van der Waals surface area contributed by atoms with Crippen LogP contribution in [0.5, 0.6) is 5.75 Å². The first-order valence-electron chi connectivity index (χ1n) is 3.95. The molecule has 72 valence electrons. The topological polar surface area (TPSA) is 55.5 Å². The summed E-state index contributed by atoms with van der Waals surface area (Å²) in [6, 6.07) is 4.23. The Morgan fingerprint density at radius 2 is 2.31 bits per heavy atom. The van der Waals surface area contributed by atoms with Crippen LogP contribution in [-0.4, -0.2) is 11.7 Å². The Kier molecular flexibility index (Phi) is 3.22. The second-order valence-corrected chi connectivity index (χ2v) is 2.95. The van der Waals surface area contributed by atoms with Gasteiger partial charge in [-0.05, 0) is 17.7 Å². The largest absolute Gasteiger partial charge is 0.505 e. The van der Waals surface area contributed by atoms with Gasteiger partial charge in [0.2, 0.25) is 0 Å². The number of hydrogen-bond donors (Lipinski definition) is 2. The predicted octanol–water partition coefficient (Wildman–Crippen LogP) is 1.53. The van der Waals surface area contributed by atoms with Gasteiger partial charge < -0.3 is 9.94 Å². The first-order valence-corrected chi connectivity index (χ1v) is 3.95. The number of rotatable bonds is 3. The van der Waals surface area contributed by atoms with Gasteiger partial charge in [0.15, 0.2) is 11.6 Å². The SMILES string of the molecule is CC(CON)c1ccc(O)c(F)c1. The maximum Gasteiger partial charge on any atom is 0.165 e. The van der Waals surface area contributed by atoms with Gasteiger partial charge in [-0.15, -0.1) is 0 Å². The summed E-state index contributed by atoms with van der Waals surface area (Å²) in [5.74, 6) is 3.94. The van der Waals surface area contributed by atoms with E-state index in [1.807, 2.05) is 6.92 Å². The lowest BCUT2D eigenvalue weighted by molar-refractivity contribution is 0.126. The van der Waals surface area contributed by atoms with E-state index < -0.39 is 5.82 Å².